The highest BCUT2D eigenvalue weighted by Crippen LogP contribution is 2.13. The number of alkyl carbamates (subject to hydrolysis) is 1. The van der Waals surface area contributed by atoms with E-state index in [0.717, 1.165) is 43.4 Å². The largest absolute Gasteiger partial charge is 0.445 e. The molecule has 42 heavy (non-hydrogen) atoms. The Bertz CT molecular complexity index is 1030. The summed E-state index contributed by atoms with van der Waals surface area (Å²) in [6.07, 6.45) is 3.50. The van der Waals surface area contributed by atoms with Crippen LogP contribution < -0.4 is 32.3 Å². The minimum atomic E-state index is -0.680. The number of rotatable bonds is 15. The normalized spacial score (nSPS) is 10.5. The molecular weight excluding hydrogens is 538 g/mol. The molecule has 232 valence electrons. The van der Waals surface area contributed by atoms with Crippen LogP contribution in [0.25, 0.3) is 0 Å². The first-order chi connectivity index (χ1) is 20.2. The molecule has 3 amide bonds. The summed E-state index contributed by atoms with van der Waals surface area (Å²) in [4.78, 5) is 44.4. The third-order valence-electron chi connectivity index (χ3n) is 5.44. The van der Waals surface area contributed by atoms with E-state index in [2.05, 4.69) is 58.3 Å². The molecule has 0 bridgehead atoms. The number of nitrogens with one attached hydrogen (secondary N) is 6. The molecule has 2 rings (SSSR count). The summed E-state index contributed by atoms with van der Waals surface area (Å²) in [5, 5.41) is 19.6. The maximum Gasteiger partial charge on any atom is 0.407 e. The van der Waals surface area contributed by atoms with E-state index >= 15 is 0 Å². The number of nitrogens with two attached hydrogens (primary N) is 1. The van der Waals surface area contributed by atoms with Crippen LogP contribution in [-0.4, -0.2) is 70.3 Å². The first-order valence-electron chi connectivity index (χ1n) is 13.8. The molecule has 0 saturated carbocycles. The Balaban J connectivity index is 0.000000739. The second-order valence-corrected chi connectivity index (χ2v) is 9.42. The highest BCUT2D eigenvalue weighted by Gasteiger charge is 2.15. The van der Waals surface area contributed by atoms with Gasteiger partial charge in [-0.15, -0.1) is 0 Å². The van der Waals surface area contributed by atoms with Crippen molar-refractivity contribution in [1.82, 2.24) is 21.3 Å². The van der Waals surface area contributed by atoms with E-state index in [1.807, 2.05) is 56.6 Å². The topological polar surface area (TPSA) is 188 Å². The number of carbonyl (C=O) groups excluding carboxylic acids is 4. The molecule has 8 N–H and O–H groups in total. The van der Waals surface area contributed by atoms with Gasteiger partial charge in [0.25, 0.3) is 0 Å². The van der Waals surface area contributed by atoms with Gasteiger partial charge in [-0.3, -0.25) is 15.0 Å². The van der Waals surface area contributed by atoms with Gasteiger partial charge in [-0.2, -0.15) is 0 Å². The average molecular weight is 586 g/mol. The van der Waals surface area contributed by atoms with Gasteiger partial charge in [0, 0.05) is 5.69 Å². The molecule has 12 heteroatoms. The Morgan fingerprint density at radius 2 is 1.62 bits per heavy atom. The molecule has 0 saturated heterocycles. The smallest absolute Gasteiger partial charge is 0.407 e. The van der Waals surface area contributed by atoms with Crippen LogP contribution in [0.5, 0.6) is 0 Å². The third-order valence-corrected chi connectivity index (χ3v) is 5.44. The monoisotopic (exact) mass is 585 g/mol. The van der Waals surface area contributed by atoms with Crippen LogP contribution in [-0.2, 0) is 32.1 Å². The summed E-state index contributed by atoms with van der Waals surface area (Å²) >= 11 is 0. The first-order valence-corrected chi connectivity index (χ1v) is 13.8. The highest BCUT2D eigenvalue weighted by atomic mass is 16.5. The number of benzene rings is 2. The number of amides is 3. The van der Waals surface area contributed by atoms with Crippen LogP contribution in [0.2, 0.25) is 0 Å². The second-order valence-electron chi connectivity index (χ2n) is 9.42. The quantitative estimate of drug-likeness (QED) is 0.0717. The van der Waals surface area contributed by atoms with Crippen LogP contribution in [0.4, 0.5) is 10.5 Å². The van der Waals surface area contributed by atoms with Crippen LogP contribution in [0, 0.1) is 11.3 Å². The third kappa shape index (κ3) is 19.7. The molecule has 0 aromatic heterocycles. The molecular formula is C30H47N7O5. The van der Waals surface area contributed by atoms with Crippen molar-refractivity contribution in [2.24, 2.45) is 11.7 Å². The van der Waals surface area contributed by atoms with Crippen LogP contribution >= 0.6 is 0 Å². The van der Waals surface area contributed by atoms with Gasteiger partial charge in [-0.1, -0.05) is 56.3 Å². The fourth-order valence-electron chi connectivity index (χ4n) is 3.46. The Labute approximate surface area is 249 Å². The first kappa shape index (κ1) is 37.7. The van der Waals surface area contributed by atoms with E-state index in [0.29, 0.717) is 12.2 Å². The number of anilines is 1. The Kier molecular flexibility index (Phi) is 22.0. The zero-order valence-corrected chi connectivity index (χ0v) is 25.1. The SMILES string of the molecule is CNCCCC(NC)C(=O)Nc1ccc(CC(C)C)cc1.N=CN.O=CCNC(=O)CNC(=O)OCc1ccccc1. The van der Waals surface area contributed by atoms with Gasteiger partial charge >= 0.3 is 6.09 Å². The van der Waals surface area contributed by atoms with E-state index in [4.69, 9.17) is 10.1 Å². The van der Waals surface area contributed by atoms with Crippen molar-refractivity contribution in [3.05, 3.63) is 65.7 Å². The van der Waals surface area contributed by atoms with Gasteiger partial charge in [0.05, 0.1) is 18.9 Å². The lowest BCUT2D eigenvalue weighted by molar-refractivity contribution is -0.121. The summed E-state index contributed by atoms with van der Waals surface area (Å²) in [5.74, 6) is 0.232. The summed E-state index contributed by atoms with van der Waals surface area (Å²) < 4.78 is 4.88. The van der Waals surface area contributed by atoms with E-state index in [9.17, 15) is 19.2 Å². The molecule has 2 aromatic carbocycles. The summed E-state index contributed by atoms with van der Waals surface area (Å²) in [6.45, 7) is 5.19. The lowest BCUT2D eigenvalue weighted by Gasteiger charge is -2.16. The molecule has 0 spiro atoms. The number of ether oxygens (including phenoxy) is 1. The molecule has 0 fully saturated rings. The zero-order valence-electron chi connectivity index (χ0n) is 25.1. The maximum atomic E-state index is 12.2. The number of likely N-dealkylation sites (N-methyl/N-ethyl adjacent to an activating group) is 1. The molecule has 2 aromatic rings. The minimum Gasteiger partial charge on any atom is -0.445 e. The predicted molar refractivity (Wildman–Crippen MR) is 166 cm³/mol. The van der Waals surface area contributed by atoms with Crippen molar-refractivity contribution in [3.8, 4) is 0 Å². The molecule has 0 aliphatic heterocycles. The number of carbonyl (C=O) groups is 4. The standard InChI is InChI=1S/C17H29N3O.C12H14N2O4.CH4N2/c1-13(2)12-14-7-9-15(10-8-14)20-17(21)16(19-4)6-5-11-18-3;15-7-6-13-11(16)8-14-12(17)18-9-10-4-2-1-3-5-10;2-1-3/h7-10,13,16,18-19H,5-6,11-12H2,1-4H3,(H,20,21);1-5,7H,6,8-9H2,(H,13,16)(H,14,17);1H,(H3,2,3). The van der Waals surface area contributed by atoms with Crippen molar-refractivity contribution >= 4 is 36.2 Å². The van der Waals surface area contributed by atoms with E-state index in [1.54, 1.807) is 0 Å². The van der Waals surface area contributed by atoms with Gasteiger partial charge < -0.3 is 41.8 Å². The van der Waals surface area contributed by atoms with E-state index < -0.39 is 12.0 Å². The van der Waals surface area contributed by atoms with E-state index in [-0.39, 0.29) is 31.6 Å². The Hall–Kier alpha value is -4.29. The van der Waals surface area contributed by atoms with Gasteiger partial charge in [0.1, 0.15) is 19.4 Å². The van der Waals surface area contributed by atoms with Crippen molar-refractivity contribution in [3.63, 3.8) is 0 Å². The summed E-state index contributed by atoms with van der Waals surface area (Å²) in [6, 6.07) is 17.2. The lowest BCUT2D eigenvalue weighted by Crippen LogP contribution is -2.38. The molecule has 0 heterocycles. The highest BCUT2D eigenvalue weighted by molar-refractivity contribution is 5.94. The zero-order chi connectivity index (χ0) is 31.6. The molecule has 12 nitrogen and oxygen atoms in total. The summed E-state index contributed by atoms with van der Waals surface area (Å²) in [5.41, 5.74) is 7.42. The van der Waals surface area contributed by atoms with Crippen LogP contribution in [0.3, 0.4) is 0 Å². The minimum absolute atomic E-state index is 0.0326. The lowest BCUT2D eigenvalue weighted by atomic mass is 10.0. The van der Waals surface area contributed by atoms with Crippen molar-refractivity contribution < 1.29 is 23.9 Å². The average Bonchev–Trinajstić information content (AvgIpc) is 2.98. The predicted octanol–water partition coefficient (Wildman–Crippen LogP) is 2.19. The Morgan fingerprint density at radius 1 is 0.976 bits per heavy atom. The van der Waals surface area contributed by atoms with Crippen molar-refractivity contribution in [1.29, 1.82) is 5.41 Å². The van der Waals surface area contributed by atoms with Gasteiger partial charge in [-0.25, -0.2) is 4.79 Å². The number of aldehydes is 1. The van der Waals surface area contributed by atoms with Crippen LogP contribution in [0.15, 0.2) is 54.6 Å². The molecule has 1 unspecified atom stereocenters. The van der Waals surface area contributed by atoms with Crippen molar-refractivity contribution in [2.45, 2.75) is 45.8 Å². The van der Waals surface area contributed by atoms with Gasteiger partial charge in [-0.05, 0) is 69.1 Å². The number of hydrogen-bond donors (Lipinski definition) is 7. The summed E-state index contributed by atoms with van der Waals surface area (Å²) in [7, 11) is 3.75. The maximum absolute atomic E-state index is 12.2. The number of hydrogen-bond acceptors (Lipinski definition) is 8. The van der Waals surface area contributed by atoms with Crippen LogP contribution in [0.1, 0.15) is 37.8 Å². The van der Waals surface area contributed by atoms with Gasteiger partial charge in [0.2, 0.25) is 11.8 Å². The fraction of sp³-hybridized carbons (Fsp3) is 0.433. The fourth-order valence-corrected chi connectivity index (χ4v) is 3.46. The second kappa shape index (κ2) is 24.5. The Morgan fingerprint density at radius 3 is 2.17 bits per heavy atom. The molecule has 1 atom stereocenters. The van der Waals surface area contributed by atoms with Gasteiger partial charge in [0.15, 0.2) is 0 Å². The van der Waals surface area contributed by atoms with E-state index in [1.165, 1.54) is 5.56 Å². The molecule has 0 radical (unpaired) electrons. The molecule has 0 aliphatic rings. The molecule has 0 aliphatic carbocycles. The van der Waals surface area contributed by atoms with Crippen molar-refractivity contribution in [2.75, 3.05) is 39.0 Å².